The van der Waals surface area contributed by atoms with Gasteiger partial charge in [0.15, 0.2) is 0 Å². The minimum Gasteiger partial charge on any atom is -0.496 e. The highest BCUT2D eigenvalue weighted by molar-refractivity contribution is 5.83. The number of aryl methyl sites for hydroxylation is 1. The van der Waals surface area contributed by atoms with Gasteiger partial charge in [-0.15, -0.1) is 0 Å². The summed E-state index contributed by atoms with van der Waals surface area (Å²) in [7, 11) is 1.75. The van der Waals surface area contributed by atoms with Crippen molar-refractivity contribution in [1.29, 1.82) is 0 Å². The molecule has 2 atom stereocenters. The van der Waals surface area contributed by atoms with E-state index in [0.717, 1.165) is 37.9 Å². The Labute approximate surface area is 140 Å². The Balaban J connectivity index is 2.01. The lowest BCUT2D eigenvalue weighted by Gasteiger charge is -2.42. The number of hydrogen-bond acceptors (Lipinski definition) is 2. The zero-order chi connectivity index (χ0) is 16.8. The van der Waals surface area contributed by atoms with Crippen LogP contribution >= 0.6 is 0 Å². The molecular weight excluding hydrogens is 284 g/mol. The topological polar surface area (TPSA) is 26.3 Å². The van der Waals surface area contributed by atoms with Crippen LogP contribution in [0.25, 0.3) is 0 Å². The molecule has 0 N–H and O–H groups in total. The zero-order valence-electron chi connectivity index (χ0n) is 15.2. The number of ketones is 1. The summed E-state index contributed by atoms with van der Waals surface area (Å²) in [5.74, 6) is 2.65. The Hall–Kier alpha value is -1.31. The highest BCUT2D eigenvalue weighted by atomic mass is 16.5. The zero-order valence-corrected chi connectivity index (χ0v) is 15.2. The van der Waals surface area contributed by atoms with Crippen molar-refractivity contribution in [2.75, 3.05) is 7.11 Å². The first kappa shape index (κ1) is 16.5. The number of rotatable bonds is 2. The number of carbonyl (C=O) groups excluding carboxylic acids is 1. The maximum absolute atomic E-state index is 12.6. The highest BCUT2D eigenvalue weighted by Gasteiger charge is 2.44. The van der Waals surface area contributed by atoms with Gasteiger partial charge in [0.05, 0.1) is 7.11 Å². The molecule has 0 aliphatic heterocycles. The van der Waals surface area contributed by atoms with Crippen LogP contribution in [-0.4, -0.2) is 12.9 Å². The second-order valence-electron chi connectivity index (χ2n) is 8.43. The van der Waals surface area contributed by atoms with Crippen LogP contribution < -0.4 is 4.74 Å². The van der Waals surface area contributed by atoms with Gasteiger partial charge >= 0.3 is 0 Å². The summed E-state index contributed by atoms with van der Waals surface area (Å²) in [6.45, 7) is 9.14. The predicted molar refractivity (Wildman–Crippen MR) is 94.1 cm³/mol. The van der Waals surface area contributed by atoms with E-state index in [0.29, 0.717) is 17.6 Å². The lowest BCUT2D eigenvalue weighted by molar-refractivity contribution is -0.131. The molecule has 126 valence electrons. The van der Waals surface area contributed by atoms with Gasteiger partial charge in [-0.1, -0.05) is 33.8 Å². The van der Waals surface area contributed by atoms with Gasteiger partial charge in [-0.25, -0.2) is 0 Å². The summed E-state index contributed by atoms with van der Waals surface area (Å²) < 4.78 is 5.63. The minimum atomic E-state index is 0.203. The molecule has 23 heavy (non-hydrogen) atoms. The number of fused-ring (bicyclic) bond motifs is 2. The third kappa shape index (κ3) is 2.93. The van der Waals surface area contributed by atoms with Crippen LogP contribution in [0, 0.1) is 17.3 Å². The molecule has 2 aliphatic rings. The molecule has 0 heterocycles. The summed E-state index contributed by atoms with van der Waals surface area (Å²) in [5.41, 5.74) is 4.35. The molecule has 0 bridgehead atoms. The van der Waals surface area contributed by atoms with Gasteiger partial charge in [0, 0.05) is 12.3 Å². The van der Waals surface area contributed by atoms with Gasteiger partial charge in [-0.3, -0.25) is 4.79 Å². The second kappa shape index (κ2) is 5.96. The molecule has 0 amide bonds. The molecule has 1 fully saturated rings. The third-order valence-electron chi connectivity index (χ3n) is 6.26. The summed E-state index contributed by atoms with van der Waals surface area (Å²) >= 11 is 0. The maximum atomic E-state index is 12.6. The molecule has 0 spiro atoms. The maximum Gasteiger partial charge on any atom is 0.136 e. The van der Waals surface area contributed by atoms with Crippen molar-refractivity contribution in [2.24, 2.45) is 17.3 Å². The SMILES string of the molecule is COc1cc2c(cc1C(C)C)CCC1[C@@H](C2)C(=O)CCC1(C)C. The average Bonchev–Trinajstić information content (AvgIpc) is 2.70. The Morgan fingerprint density at radius 2 is 1.91 bits per heavy atom. The van der Waals surface area contributed by atoms with Gasteiger partial charge in [0.1, 0.15) is 11.5 Å². The number of benzene rings is 1. The quantitative estimate of drug-likeness (QED) is 0.773. The van der Waals surface area contributed by atoms with Crippen LogP contribution in [0.3, 0.4) is 0 Å². The fraction of sp³-hybridized carbons (Fsp3) is 0.667. The van der Waals surface area contributed by atoms with Gasteiger partial charge in [0.25, 0.3) is 0 Å². The van der Waals surface area contributed by atoms with Crippen LogP contribution in [0.4, 0.5) is 0 Å². The van der Waals surface area contributed by atoms with Crippen LogP contribution in [0.1, 0.15) is 69.6 Å². The Morgan fingerprint density at radius 3 is 2.57 bits per heavy atom. The Kier molecular flexibility index (Phi) is 4.29. The van der Waals surface area contributed by atoms with Crippen LogP contribution in [0.15, 0.2) is 12.1 Å². The molecule has 2 nitrogen and oxygen atoms in total. The first-order valence-corrected chi connectivity index (χ1v) is 9.06. The van der Waals surface area contributed by atoms with Gasteiger partial charge in [-0.05, 0) is 65.7 Å². The van der Waals surface area contributed by atoms with E-state index in [4.69, 9.17) is 4.74 Å². The normalized spacial score (nSPS) is 26.4. The first-order valence-electron chi connectivity index (χ1n) is 9.06. The standard InChI is InChI=1S/C21H30O2/c1-13(2)16-10-14-6-7-18-17(11-15(14)12-20(16)23-5)19(22)8-9-21(18,3)4/h10,12-13,17-18H,6-9,11H2,1-5H3/t17-,18?/m1/s1. The number of Topliss-reactive ketones (excluding diaryl/α,β-unsaturated/α-hetero) is 1. The molecule has 1 aromatic carbocycles. The summed E-state index contributed by atoms with van der Waals surface area (Å²) in [6.07, 6.45) is 4.93. The largest absolute Gasteiger partial charge is 0.496 e. The molecule has 1 aromatic rings. The van der Waals surface area contributed by atoms with E-state index in [9.17, 15) is 4.79 Å². The van der Waals surface area contributed by atoms with Crippen LogP contribution in [-0.2, 0) is 17.6 Å². The number of methoxy groups -OCH3 is 1. The van der Waals surface area contributed by atoms with Crippen molar-refractivity contribution >= 4 is 5.78 Å². The van der Waals surface area contributed by atoms with Crippen molar-refractivity contribution in [3.8, 4) is 5.75 Å². The monoisotopic (exact) mass is 314 g/mol. The second-order valence-corrected chi connectivity index (χ2v) is 8.43. The lowest BCUT2D eigenvalue weighted by Crippen LogP contribution is -2.40. The van der Waals surface area contributed by atoms with Crippen molar-refractivity contribution in [3.63, 3.8) is 0 Å². The Bertz CT molecular complexity index is 613. The van der Waals surface area contributed by atoms with Crippen LogP contribution in [0.2, 0.25) is 0 Å². The van der Waals surface area contributed by atoms with E-state index in [1.807, 2.05) is 0 Å². The van der Waals surface area contributed by atoms with Gasteiger partial charge in [-0.2, -0.15) is 0 Å². The molecule has 0 saturated heterocycles. The van der Waals surface area contributed by atoms with Crippen LogP contribution in [0.5, 0.6) is 5.75 Å². The Morgan fingerprint density at radius 1 is 1.17 bits per heavy atom. The van der Waals surface area contributed by atoms with Crippen molar-refractivity contribution in [3.05, 3.63) is 28.8 Å². The van der Waals surface area contributed by atoms with Crippen molar-refractivity contribution in [1.82, 2.24) is 0 Å². The summed E-state index contributed by atoms with van der Waals surface area (Å²) in [5, 5.41) is 0. The first-order chi connectivity index (χ1) is 10.8. The van der Waals surface area contributed by atoms with Gasteiger partial charge in [0.2, 0.25) is 0 Å². The number of ether oxygens (including phenoxy) is 1. The van der Waals surface area contributed by atoms with Crippen molar-refractivity contribution in [2.45, 2.75) is 65.7 Å². The summed E-state index contributed by atoms with van der Waals surface area (Å²) in [6, 6.07) is 4.55. The van der Waals surface area contributed by atoms with E-state index < -0.39 is 0 Å². The molecule has 3 rings (SSSR count). The third-order valence-corrected chi connectivity index (χ3v) is 6.26. The summed E-state index contributed by atoms with van der Waals surface area (Å²) in [4.78, 5) is 12.6. The number of hydrogen-bond donors (Lipinski definition) is 0. The molecule has 1 saturated carbocycles. The van der Waals surface area contributed by atoms with Gasteiger partial charge < -0.3 is 4.74 Å². The molecule has 0 aromatic heterocycles. The minimum absolute atomic E-state index is 0.203. The number of carbonyl (C=O) groups is 1. The predicted octanol–water partition coefficient (Wildman–Crippen LogP) is 4.93. The molecule has 2 aliphatic carbocycles. The fourth-order valence-electron chi connectivity index (χ4n) is 4.72. The average molecular weight is 314 g/mol. The molecule has 1 unspecified atom stereocenters. The van der Waals surface area contributed by atoms with Crippen molar-refractivity contribution < 1.29 is 9.53 Å². The lowest BCUT2D eigenvalue weighted by atomic mass is 9.61. The van der Waals surface area contributed by atoms with E-state index in [1.54, 1.807) is 7.11 Å². The molecular formula is C21H30O2. The highest BCUT2D eigenvalue weighted by Crippen LogP contribution is 2.48. The fourth-order valence-corrected chi connectivity index (χ4v) is 4.72. The smallest absolute Gasteiger partial charge is 0.136 e. The van der Waals surface area contributed by atoms with E-state index in [2.05, 4.69) is 39.8 Å². The molecule has 0 radical (unpaired) electrons. The van der Waals surface area contributed by atoms with E-state index in [1.165, 1.54) is 16.7 Å². The molecule has 2 heteroatoms. The van der Waals surface area contributed by atoms with E-state index >= 15 is 0 Å². The van der Waals surface area contributed by atoms with E-state index in [-0.39, 0.29) is 11.3 Å².